The predicted molar refractivity (Wildman–Crippen MR) is 77.0 cm³/mol. The number of rotatable bonds is 9. The molecule has 0 aliphatic carbocycles. The third-order valence-corrected chi connectivity index (χ3v) is 3.98. The summed E-state index contributed by atoms with van der Waals surface area (Å²) in [4.78, 5) is 0. The van der Waals surface area contributed by atoms with Crippen molar-refractivity contribution in [1.82, 2.24) is 10.0 Å². The molecule has 0 aliphatic heterocycles. The summed E-state index contributed by atoms with van der Waals surface area (Å²) >= 11 is 0. The number of nitrogens with one attached hydrogen (secondary N) is 2. The Morgan fingerprint density at radius 3 is 2.60 bits per heavy atom. The molecule has 1 heterocycles. The molecule has 116 valence electrons. The Kier molecular flexibility index (Phi) is 6.67. The average molecular weight is 304 g/mol. The number of ether oxygens (including phenoxy) is 1. The molecule has 6 nitrogen and oxygen atoms in total. The van der Waals surface area contributed by atoms with Crippen LogP contribution in [0.3, 0.4) is 0 Å². The Balaban J connectivity index is 2.63. The molecule has 1 rings (SSSR count). The van der Waals surface area contributed by atoms with E-state index in [-0.39, 0.29) is 11.1 Å². The van der Waals surface area contributed by atoms with Crippen LogP contribution in [0.15, 0.2) is 21.6 Å². The summed E-state index contributed by atoms with van der Waals surface area (Å²) in [5.41, 5.74) is 0. The molecule has 0 fully saturated rings. The first-order valence-electron chi connectivity index (χ1n) is 6.77. The molecular weight excluding hydrogens is 280 g/mol. The summed E-state index contributed by atoms with van der Waals surface area (Å²) in [5.74, 6) is 0.594. The molecule has 1 aromatic rings. The molecule has 1 aromatic heterocycles. The molecule has 20 heavy (non-hydrogen) atoms. The van der Waals surface area contributed by atoms with Crippen molar-refractivity contribution in [3.63, 3.8) is 0 Å². The van der Waals surface area contributed by atoms with Gasteiger partial charge in [-0.1, -0.05) is 13.8 Å². The van der Waals surface area contributed by atoms with Crippen LogP contribution in [0, 0.1) is 0 Å². The van der Waals surface area contributed by atoms with Gasteiger partial charge in [0.1, 0.15) is 5.76 Å². The molecule has 0 aromatic carbocycles. The van der Waals surface area contributed by atoms with Crippen LogP contribution in [-0.2, 0) is 21.3 Å². The maximum Gasteiger partial charge on any atom is 0.274 e. The van der Waals surface area contributed by atoms with E-state index in [0.29, 0.717) is 31.6 Å². The van der Waals surface area contributed by atoms with Crippen molar-refractivity contribution < 1.29 is 17.6 Å². The zero-order chi connectivity index (χ0) is 15.2. The van der Waals surface area contributed by atoms with Gasteiger partial charge in [-0.15, -0.1) is 0 Å². The van der Waals surface area contributed by atoms with Gasteiger partial charge in [-0.3, -0.25) is 0 Å². The van der Waals surface area contributed by atoms with E-state index < -0.39 is 10.0 Å². The smallest absolute Gasteiger partial charge is 0.274 e. The summed E-state index contributed by atoms with van der Waals surface area (Å²) in [6.45, 7) is 9.02. The van der Waals surface area contributed by atoms with Gasteiger partial charge in [-0.05, 0) is 26.0 Å². The predicted octanol–water partition coefficient (Wildman–Crippen LogP) is 1.48. The van der Waals surface area contributed by atoms with Crippen LogP contribution in [0.5, 0.6) is 0 Å². The van der Waals surface area contributed by atoms with E-state index >= 15 is 0 Å². The van der Waals surface area contributed by atoms with Gasteiger partial charge in [0.05, 0.1) is 13.2 Å². The fourth-order valence-electron chi connectivity index (χ4n) is 1.55. The van der Waals surface area contributed by atoms with E-state index in [9.17, 15) is 8.42 Å². The lowest BCUT2D eigenvalue weighted by Crippen LogP contribution is -2.35. The minimum atomic E-state index is -3.63. The summed E-state index contributed by atoms with van der Waals surface area (Å²) in [6.07, 6.45) is 0. The SMILES string of the molecule is CCOCC(C)NS(=O)(=O)c1ccc(CNC(C)C)o1. The fraction of sp³-hybridized carbons (Fsp3) is 0.692. The molecule has 0 spiro atoms. The first-order chi connectivity index (χ1) is 9.35. The summed E-state index contributed by atoms with van der Waals surface area (Å²) in [6, 6.07) is 3.14. The highest BCUT2D eigenvalue weighted by molar-refractivity contribution is 7.89. The van der Waals surface area contributed by atoms with Crippen LogP contribution in [0.2, 0.25) is 0 Å². The molecule has 0 amide bonds. The zero-order valence-electron chi connectivity index (χ0n) is 12.5. The monoisotopic (exact) mass is 304 g/mol. The molecule has 0 radical (unpaired) electrons. The van der Waals surface area contributed by atoms with Crippen molar-refractivity contribution in [3.8, 4) is 0 Å². The number of hydrogen-bond acceptors (Lipinski definition) is 5. The summed E-state index contributed by atoms with van der Waals surface area (Å²) < 4.78 is 37.2. The Bertz CT molecular complexity index is 496. The molecule has 1 atom stereocenters. The van der Waals surface area contributed by atoms with E-state index in [1.54, 1.807) is 13.0 Å². The highest BCUT2D eigenvalue weighted by atomic mass is 32.2. The maximum atomic E-state index is 12.1. The van der Waals surface area contributed by atoms with Crippen LogP contribution in [0.25, 0.3) is 0 Å². The van der Waals surface area contributed by atoms with Crippen LogP contribution >= 0.6 is 0 Å². The van der Waals surface area contributed by atoms with E-state index in [1.165, 1.54) is 6.07 Å². The zero-order valence-corrected chi connectivity index (χ0v) is 13.3. The molecule has 0 bridgehead atoms. The topological polar surface area (TPSA) is 80.6 Å². The van der Waals surface area contributed by atoms with Gasteiger partial charge in [0.25, 0.3) is 10.0 Å². The minimum absolute atomic E-state index is 0.0681. The van der Waals surface area contributed by atoms with E-state index in [2.05, 4.69) is 10.0 Å². The summed E-state index contributed by atoms with van der Waals surface area (Å²) in [7, 11) is -3.63. The average Bonchev–Trinajstić information content (AvgIpc) is 2.83. The van der Waals surface area contributed by atoms with Crippen molar-refractivity contribution in [2.45, 2.75) is 51.4 Å². The van der Waals surface area contributed by atoms with Crippen molar-refractivity contribution in [2.75, 3.05) is 13.2 Å². The van der Waals surface area contributed by atoms with E-state index in [4.69, 9.17) is 9.15 Å². The Hall–Kier alpha value is -0.890. The van der Waals surface area contributed by atoms with Gasteiger partial charge in [0, 0.05) is 18.7 Å². The molecule has 1 unspecified atom stereocenters. The number of furan rings is 1. The lowest BCUT2D eigenvalue weighted by Gasteiger charge is -2.12. The molecule has 0 aliphatic rings. The van der Waals surface area contributed by atoms with Crippen LogP contribution in [0.4, 0.5) is 0 Å². The van der Waals surface area contributed by atoms with Gasteiger partial charge in [-0.25, -0.2) is 13.1 Å². The third kappa shape index (κ3) is 5.62. The second-order valence-corrected chi connectivity index (χ2v) is 6.58. The molecular formula is C13H24N2O4S. The van der Waals surface area contributed by atoms with Crippen LogP contribution in [-0.4, -0.2) is 33.7 Å². The first-order valence-corrected chi connectivity index (χ1v) is 8.25. The highest BCUT2D eigenvalue weighted by Crippen LogP contribution is 2.14. The highest BCUT2D eigenvalue weighted by Gasteiger charge is 2.21. The lowest BCUT2D eigenvalue weighted by atomic mass is 10.3. The molecule has 2 N–H and O–H groups in total. The third-order valence-electron chi connectivity index (χ3n) is 2.51. The van der Waals surface area contributed by atoms with Gasteiger partial charge in [0.15, 0.2) is 0 Å². The Labute approximate surface area is 120 Å². The van der Waals surface area contributed by atoms with Crippen molar-refractivity contribution in [2.24, 2.45) is 0 Å². The molecule has 0 saturated carbocycles. The maximum absolute atomic E-state index is 12.1. The van der Waals surface area contributed by atoms with Crippen molar-refractivity contribution in [1.29, 1.82) is 0 Å². The summed E-state index contributed by atoms with van der Waals surface area (Å²) in [5, 5.41) is 3.10. The van der Waals surface area contributed by atoms with E-state index in [1.807, 2.05) is 20.8 Å². The second kappa shape index (κ2) is 7.78. The Morgan fingerprint density at radius 1 is 1.30 bits per heavy atom. The first kappa shape index (κ1) is 17.2. The standard InChI is InChI=1S/C13H24N2O4S/c1-5-18-9-11(4)15-20(16,17)13-7-6-12(19-13)8-14-10(2)3/h6-7,10-11,14-15H,5,8-9H2,1-4H3. The fourth-order valence-corrected chi connectivity index (χ4v) is 2.73. The van der Waals surface area contributed by atoms with Crippen molar-refractivity contribution in [3.05, 3.63) is 17.9 Å². The van der Waals surface area contributed by atoms with Gasteiger partial charge < -0.3 is 14.5 Å². The normalized spacial score (nSPS) is 13.8. The minimum Gasteiger partial charge on any atom is -0.447 e. The van der Waals surface area contributed by atoms with Gasteiger partial charge in [-0.2, -0.15) is 0 Å². The lowest BCUT2D eigenvalue weighted by molar-refractivity contribution is 0.133. The second-order valence-electron chi connectivity index (χ2n) is 4.94. The molecule has 7 heteroatoms. The van der Waals surface area contributed by atoms with E-state index in [0.717, 1.165) is 0 Å². The quantitative estimate of drug-likeness (QED) is 0.722. The van der Waals surface area contributed by atoms with Crippen LogP contribution in [0.1, 0.15) is 33.5 Å². The number of sulfonamides is 1. The van der Waals surface area contributed by atoms with Crippen molar-refractivity contribution >= 4 is 10.0 Å². The van der Waals surface area contributed by atoms with Gasteiger partial charge in [0.2, 0.25) is 5.09 Å². The largest absolute Gasteiger partial charge is 0.447 e. The Morgan fingerprint density at radius 2 is 2.00 bits per heavy atom. The van der Waals surface area contributed by atoms with Crippen LogP contribution < -0.4 is 10.0 Å². The van der Waals surface area contributed by atoms with Gasteiger partial charge >= 0.3 is 0 Å². The number of hydrogen-bond donors (Lipinski definition) is 2. The molecule has 0 saturated heterocycles.